The van der Waals surface area contributed by atoms with Gasteiger partial charge in [0.1, 0.15) is 11.5 Å². The summed E-state index contributed by atoms with van der Waals surface area (Å²) in [6.07, 6.45) is -4.69. The van der Waals surface area contributed by atoms with Crippen molar-refractivity contribution in [3.63, 3.8) is 0 Å². The van der Waals surface area contributed by atoms with Crippen LogP contribution in [0.2, 0.25) is 0 Å². The first-order valence-electron chi connectivity index (χ1n) is 7.48. The zero-order chi connectivity index (χ0) is 17.2. The predicted molar refractivity (Wildman–Crippen MR) is 100 cm³/mol. The highest BCUT2D eigenvalue weighted by Gasteiger charge is 2.31. The van der Waals surface area contributed by atoms with Crippen LogP contribution in [0.3, 0.4) is 0 Å². The standard InChI is InChI=1S/C16H16BrF3N2O2.2ClH/c17-14-6-5-13(23-14)15(22-9-7-21-8-10-22)11-1-3-12(4-2-11)24-16(18,19)20;;/h1-6,15,21H,7-10H2;2*1H/t15-;;/m1../s1. The van der Waals surface area contributed by atoms with Crippen LogP contribution in [0, 0.1) is 0 Å². The van der Waals surface area contributed by atoms with Gasteiger partial charge in [0.05, 0.1) is 6.04 Å². The molecule has 10 heteroatoms. The van der Waals surface area contributed by atoms with Gasteiger partial charge < -0.3 is 14.5 Å². The quantitative estimate of drug-likeness (QED) is 0.687. The highest BCUT2D eigenvalue weighted by atomic mass is 79.9. The molecule has 26 heavy (non-hydrogen) atoms. The van der Waals surface area contributed by atoms with Gasteiger partial charge in [-0.15, -0.1) is 38.0 Å². The number of alkyl halides is 3. The Hall–Kier alpha value is -0.930. The molecule has 1 aliphatic heterocycles. The molecule has 1 aliphatic rings. The van der Waals surface area contributed by atoms with Crippen LogP contribution in [0.1, 0.15) is 17.4 Å². The first kappa shape index (κ1) is 23.1. The third-order valence-corrected chi connectivity index (χ3v) is 4.24. The molecule has 0 unspecified atom stereocenters. The molecule has 1 N–H and O–H groups in total. The van der Waals surface area contributed by atoms with Crippen LogP contribution in [0.5, 0.6) is 5.75 Å². The van der Waals surface area contributed by atoms with Crippen LogP contribution in [0.15, 0.2) is 45.5 Å². The van der Waals surface area contributed by atoms with E-state index in [1.54, 1.807) is 12.1 Å². The Kier molecular flexibility index (Phi) is 8.75. The van der Waals surface area contributed by atoms with Crippen molar-refractivity contribution in [2.45, 2.75) is 12.4 Å². The molecule has 4 nitrogen and oxygen atoms in total. The zero-order valence-corrected chi connectivity index (χ0v) is 16.7. The van der Waals surface area contributed by atoms with Crippen molar-refractivity contribution >= 4 is 40.7 Å². The highest BCUT2D eigenvalue weighted by Crippen LogP contribution is 2.33. The number of halogens is 6. The van der Waals surface area contributed by atoms with Gasteiger partial charge >= 0.3 is 6.36 Å². The van der Waals surface area contributed by atoms with Gasteiger partial charge in [-0.2, -0.15) is 0 Å². The normalized spacial score (nSPS) is 16.3. The summed E-state index contributed by atoms with van der Waals surface area (Å²) in [6.45, 7) is 3.36. The molecule has 0 saturated carbocycles. The monoisotopic (exact) mass is 476 g/mol. The molecule has 1 atom stereocenters. The number of piperazine rings is 1. The molecule has 1 aromatic carbocycles. The van der Waals surface area contributed by atoms with Crippen LogP contribution >= 0.6 is 40.7 Å². The molecule has 2 heterocycles. The van der Waals surface area contributed by atoms with Gasteiger partial charge in [-0.3, -0.25) is 4.90 Å². The number of nitrogens with one attached hydrogen (secondary N) is 1. The second-order valence-corrected chi connectivity index (χ2v) is 6.23. The fourth-order valence-corrected chi connectivity index (χ4v) is 3.14. The Bertz CT molecular complexity index is 677. The number of hydrogen-bond acceptors (Lipinski definition) is 4. The van der Waals surface area contributed by atoms with Gasteiger partial charge in [0, 0.05) is 26.2 Å². The Morgan fingerprint density at radius 1 is 1.04 bits per heavy atom. The minimum absolute atomic E-state index is 0. The molecule has 0 amide bonds. The molecular weight excluding hydrogens is 460 g/mol. The average Bonchev–Trinajstić information content (AvgIpc) is 2.95. The largest absolute Gasteiger partial charge is 0.573 e. The van der Waals surface area contributed by atoms with E-state index in [4.69, 9.17) is 4.42 Å². The van der Waals surface area contributed by atoms with Crippen molar-refractivity contribution in [2.75, 3.05) is 26.2 Å². The Morgan fingerprint density at radius 2 is 1.65 bits per heavy atom. The third-order valence-electron chi connectivity index (χ3n) is 3.81. The first-order chi connectivity index (χ1) is 11.4. The van der Waals surface area contributed by atoms with Gasteiger partial charge in [-0.05, 0) is 45.8 Å². The fourth-order valence-electron chi connectivity index (χ4n) is 2.82. The smallest absolute Gasteiger partial charge is 0.452 e. The maximum absolute atomic E-state index is 12.3. The summed E-state index contributed by atoms with van der Waals surface area (Å²) >= 11 is 3.30. The van der Waals surface area contributed by atoms with Crippen molar-refractivity contribution in [1.29, 1.82) is 0 Å². The van der Waals surface area contributed by atoms with Crippen LogP contribution in [-0.4, -0.2) is 37.4 Å². The maximum Gasteiger partial charge on any atom is 0.573 e. The number of furan rings is 1. The Morgan fingerprint density at radius 3 is 2.15 bits per heavy atom. The number of ether oxygens (including phenoxy) is 1. The van der Waals surface area contributed by atoms with Crippen molar-refractivity contribution in [1.82, 2.24) is 10.2 Å². The van der Waals surface area contributed by atoms with E-state index in [1.165, 1.54) is 12.1 Å². The average molecular weight is 478 g/mol. The van der Waals surface area contributed by atoms with Gasteiger partial charge in [-0.1, -0.05) is 12.1 Å². The Labute approximate surface area is 170 Å². The van der Waals surface area contributed by atoms with Gasteiger partial charge in [0.25, 0.3) is 0 Å². The van der Waals surface area contributed by atoms with Crippen molar-refractivity contribution < 1.29 is 22.3 Å². The van der Waals surface area contributed by atoms with E-state index in [9.17, 15) is 13.2 Å². The highest BCUT2D eigenvalue weighted by molar-refractivity contribution is 9.10. The number of benzene rings is 1. The summed E-state index contributed by atoms with van der Waals surface area (Å²) in [5.74, 6) is 0.513. The molecule has 2 aromatic rings. The van der Waals surface area contributed by atoms with Crippen LogP contribution in [0.25, 0.3) is 0 Å². The summed E-state index contributed by atoms with van der Waals surface area (Å²) in [7, 11) is 0. The number of rotatable bonds is 4. The summed E-state index contributed by atoms with van der Waals surface area (Å²) in [4.78, 5) is 2.24. The topological polar surface area (TPSA) is 37.6 Å². The van der Waals surface area contributed by atoms with E-state index in [0.717, 1.165) is 37.5 Å². The molecular formula is C16H18BrCl2F3N2O2. The minimum Gasteiger partial charge on any atom is -0.452 e. The molecule has 0 spiro atoms. The second-order valence-electron chi connectivity index (χ2n) is 5.45. The molecule has 1 aromatic heterocycles. The third kappa shape index (κ3) is 6.06. The molecule has 3 rings (SSSR count). The van der Waals surface area contributed by atoms with E-state index in [2.05, 4.69) is 30.9 Å². The molecule has 0 bridgehead atoms. The van der Waals surface area contributed by atoms with Crippen LogP contribution in [-0.2, 0) is 0 Å². The van der Waals surface area contributed by atoms with Crippen molar-refractivity contribution in [2.24, 2.45) is 0 Å². The predicted octanol–water partition coefficient (Wildman–Crippen LogP) is 4.78. The molecule has 0 aliphatic carbocycles. The number of hydrogen-bond donors (Lipinski definition) is 1. The Balaban J connectivity index is 0.00000169. The second kappa shape index (κ2) is 9.85. The summed E-state index contributed by atoms with van der Waals surface area (Å²) in [5, 5.41) is 3.29. The van der Waals surface area contributed by atoms with Crippen LogP contribution in [0.4, 0.5) is 13.2 Å². The summed E-state index contributed by atoms with van der Waals surface area (Å²) in [5.41, 5.74) is 0.855. The van der Waals surface area contributed by atoms with Crippen molar-refractivity contribution in [3.8, 4) is 5.75 Å². The van der Waals surface area contributed by atoms with Gasteiger partial charge in [0.15, 0.2) is 4.67 Å². The summed E-state index contributed by atoms with van der Waals surface area (Å²) < 4.78 is 47.2. The SMILES string of the molecule is Cl.Cl.FC(F)(F)Oc1ccc([C@H](c2ccc(Br)o2)N2CCNCC2)cc1. The lowest BCUT2D eigenvalue weighted by Crippen LogP contribution is -2.45. The lowest BCUT2D eigenvalue weighted by atomic mass is 10.0. The van der Waals surface area contributed by atoms with E-state index >= 15 is 0 Å². The maximum atomic E-state index is 12.3. The van der Waals surface area contributed by atoms with Gasteiger partial charge in [0.2, 0.25) is 0 Å². The lowest BCUT2D eigenvalue weighted by Gasteiger charge is -2.34. The molecule has 1 saturated heterocycles. The lowest BCUT2D eigenvalue weighted by molar-refractivity contribution is -0.274. The van der Waals surface area contributed by atoms with E-state index < -0.39 is 6.36 Å². The molecule has 146 valence electrons. The van der Waals surface area contributed by atoms with E-state index in [-0.39, 0.29) is 36.6 Å². The first-order valence-corrected chi connectivity index (χ1v) is 8.27. The van der Waals surface area contributed by atoms with Gasteiger partial charge in [-0.25, -0.2) is 0 Å². The minimum atomic E-state index is -4.69. The van der Waals surface area contributed by atoms with E-state index in [1.807, 2.05) is 12.1 Å². The summed E-state index contributed by atoms with van der Waals surface area (Å²) in [6, 6.07) is 9.47. The van der Waals surface area contributed by atoms with Crippen LogP contribution < -0.4 is 10.1 Å². The fraction of sp³-hybridized carbons (Fsp3) is 0.375. The van der Waals surface area contributed by atoms with E-state index in [0.29, 0.717) is 4.67 Å². The molecule has 1 fully saturated rings. The number of nitrogens with zero attached hydrogens (tertiary/aromatic N) is 1. The molecule has 0 radical (unpaired) electrons. The zero-order valence-electron chi connectivity index (χ0n) is 13.5. The van der Waals surface area contributed by atoms with Crippen molar-refractivity contribution in [3.05, 3.63) is 52.4 Å².